The first-order chi connectivity index (χ1) is 7.99. The molecule has 0 aliphatic rings. The number of nitrogens with zero attached hydrogens (tertiary/aromatic N) is 1. The molecule has 0 aliphatic carbocycles. The monoisotopic (exact) mass is 232 g/mol. The molecular weight excluding hydrogens is 219 g/mol. The van der Waals surface area contributed by atoms with Crippen molar-refractivity contribution >= 4 is 0 Å². The maximum absolute atomic E-state index is 13.4. The topological polar surface area (TPSA) is 45.8 Å². The minimum Gasteiger partial charge on any atom is -0.323 e. The van der Waals surface area contributed by atoms with Crippen molar-refractivity contribution in [2.24, 2.45) is 0 Å². The van der Waals surface area contributed by atoms with Crippen LogP contribution in [0.3, 0.4) is 0 Å². The summed E-state index contributed by atoms with van der Waals surface area (Å²) in [5, 5.41) is 0. The maximum atomic E-state index is 13.4. The molecule has 4 heteroatoms. The van der Waals surface area contributed by atoms with Crippen LogP contribution in [0.25, 0.3) is 11.3 Å². The number of nitrogens with one attached hydrogen (secondary N) is 1. The van der Waals surface area contributed by atoms with Crippen LogP contribution in [0.5, 0.6) is 0 Å². The Morgan fingerprint density at radius 1 is 1.24 bits per heavy atom. The molecule has 0 atom stereocenters. The van der Waals surface area contributed by atoms with Crippen molar-refractivity contribution in [1.82, 2.24) is 9.97 Å². The summed E-state index contributed by atoms with van der Waals surface area (Å²) in [6, 6.07) is 4.67. The van der Waals surface area contributed by atoms with Gasteiger partial charge in [-0.15, -0.1) is 0 Å². The summed E-state index contributed by atoms with van der Waals surface area (Å²) < 4.78 is 13.4. The van der Waals surface area contributed by atoms with E-state index in [-0.39, 0.29) is 17.1 Å². The Bertz CT molecular complexity index is 632. The number of aromatic nitrogens is 2. The summed E-state index contributed by atoms with van der Waals surface area (Å²) in [5.74, 6) is -0.332. The van der Waals surface area contributed by atoms with Crippen molar-refractivity contribution in [1.29, 1.82) is 0 Å². The van der Waals surface area contributed by atoms with Gasteiger partial charge in [0.05, 0.1) is 5.69 Å². The summed E-state index contributed by atoms with van der Waals surface area (Å²) in [7, 11) is 0. The Hall–Kier alpha value is -1.97. The van der Waals surface area contributed by atoms with Crippen LogP contribution >= 0.6 is 0 Å². The highest BCUT2D eigenvalue weighted by Gasteiger charge is 2.09. The van der Waals surface area contributed by atoms with Gasteiger partial charge < -0.3 is 4.98 Å². The van der Waals surface area contributed by atoms with Gasteiger partial charge in [-0.1, -0.05) is 12.1 Å². The van der Waals surface area contributed by atoms with Gasteiger partial charge in [0.15, 0.2) is 0 Å². The second kappa shape index (κ2) is 4.13. The molecule has 0 bridgehead atoms. The molecule has 2 aromatic rings. The fraction of sp³-hybridized carbons (Fsp3) is 0.231. The molecule has 88 valence electrons. The molecule has 1 heterocycles. The molecule has 0 unspecified atom stereocenters. The summed E-state index contributed by atoms with van der Waals surface area (Å²) in [4.78, 5) is 18.7. The summed E-state index contributed by atoms with van der Waals surface area (Å²) in [5.41, 5.74) is 2.47. The Labute approximate surface area is 98.3 Å². The molecule has 17 heavy (non-hydrogen) atoms. The Morgan fingerprint density at radius 3 is 2.59 bits per heavy atom. The van der Waals surface area contributed by atoms with Crippen molar-refractivity contribution in [2.45, 2.75) is 20.8 Å². The van der Waals surface area contributed by atoms with E-state index in [1.807, 2.05) is 0 Å². The van der Waals surface area contributed by atoms with Crippen LogP contribution in [0.4, 0.5) is 4.39 Å². The normalized spacial score (nSPS) is 10.6. The van der Waals surface area contributed by atoms with E-state index in [2.05, 4.69) is 9.97 Å². The van der Waals surface area contributed by atoms with Gasteiger partial charge in [-0.2, -0.15) is 0 Å². The minimum atomic E-state index is -0.332. The highest BCUT2D eigenvalue weighted by Crippen LogP contribution is 2.17. The molecule has 0 saturated carbocycles. The molecule has 0 spiro atoms. The fourth-order valence-electron chi connectivity index (χ4n) is 1.56. The molecular formula is C13H13FN2O. The van der Waals surface area contributed by atoms with Gasteiger partial charge >= 0.3 is 0 Å². The predicted molar refractivity (Wildman–Crippen MR) is 64.5 cm³/mol. The number of benzene rings is 1. The Kier molecular flexibility index (Phi) is 2.79. The molecule has 1 aromatic carbocycles. The van der Waals surface area contributed by atoms with Crippen molar-refractivity contribution in [3.63, 3.8) is 0 Å². The molecule has 1 N–H and O–H groups in total. The average Bonchev–Trinajstić information content (AvgIpc) is 2.27. The van der Waals surface area contributed by atoms with E-state index in [0.717, 1.165) is 11.4 Å². The lowest BCUT2D eigenvalue weighted by molar-refractivity contribution is 0.619. The predicted octanol–water partition coefficient (Wildman–Crippen LogP) is 2.50. The molecule has 2 rings (SSSR count). The van der Waals surface area contributed by atoms with Crippen LogP contribution in [0.1, 0.15) is 17.0 Å². The van der Waals surface area contributed by atoms with Gasteiger partial charge in [-0.05, 0) is 32.4 Å². The molecule has 0 amide bonds. The maximum Gasteiger partial charge on any atom is 0.274 e. The van der Waals surface area contributed by atoms with Crippen LogP contribution in [-0.4, -0.2) is 9.97 Å². The molecule has 0 aliphatic heterocycles. The number of H-pyrrole nitrogens is 1. The van der Waals surface area contributed by atoms with Gasteiger partial charge in [0, 0.05) is 11.3 Å². The van der Waals surface area contributed by atoms with Crippen molar-refractivity contribution in [3.05, 3.63) is 51.3 Å². The van der Waals surface area contributed by atoms with Crippen LogP contribution in [0.15, 0.2) is 23.0 Å². The zero-order valence-electron chi connectivity index (χ0n) is 9.97. The van der Waals surface area contributed by atoms with Gasteiger partial charge in [-0.3, -0.25) is 4.79 Å². The van der Waals surface area contributed by atoms with Crippen molar-refractivity contribution in [3.8, 4) is 11.3 Å². The smallest absolute Gasteiger partial charge is 0.274 e. The molecule has 0 fully saturated rings. The zero-order valence-corrected chi connectivity index (χ0v) is 9.97. The largest absolute Gasteiger partial charge is 0.323 e. The van der Waals surface area contributed by atoms with Crippen molar-refractivity contribution in [2.75, 3.05) is 0 Å². The van der Waals surface area contributed by atoms with Gasteiger partial charge in [0.25, 0.3) is 5.56 Å². The lowest BCUT2D eigenvalue weighted by atomic mass is 10.1. The number of aromatic amines is 1. The number of hydrogen-bond acceptors (Lipinski definition) is 2. The Morgan fingerprint density at radius 2 is 1.94 bits per heavy atom. The van der Waals surface area contributed by atoms with E-state index in [4.69, 9.17) is 0 Å². The van der Waals surface area contributed by atoms with E-state index in [9.17, 15) is 9.18 Å². The first kappa shape index (κ1) is 11.5. The van der Waals surface area contributed by atoms with E-state index < -0.39 is 0 Å². The first-order valence-corrected chi connectivity index (χ1v) is 5.33. The molecule has 0 radical (unpaired) electrons. The van der Waals surface area contributed by atoms with E-state index in [1.54, 1.807) is 32.9 Å². The van der Waals surface area contributed by atoms with Gasteiger partial charge in [0.1, 0.15) is 11.5 Å². The third-order valence-corrected chi connectivity index (χ3v) is 2.78. The molecule has 1 aromatic heterocycles. The van der Waals surface area contributed by atoms with Crippen LogP contribution in [0.2, 0.25) is 0 Å². The SMILES string of the molecule is Cc1ccc(-c2nc(C)c(C)[nH]c2=O)cc1F. The highest BCUT2D eigenvalue weighted by molar-refractivity contribution is 5.58. The van der Waals surface area contributed by atoms with Crippen LogP contribution < -0.4 is 5.56 Å². The van der Waals surface area contributed by atoms with E-state index in [0.29, 0.717) is 11.1 Å². The fourth-order valence-corrected chi connectivity index (χ4v) is 1.56. The third kappa shape index (κ3) is 2.11. The standard InChI is InChI=1S/C13H13FN2O/c1-7-4-5-10(6-11(7)14)12-13(17)16-9(3)8(2)15-12/h4-6H,1-3H3,(H,16,17). The summed E-state index contributed by atoms with van der Waals surface area (Å²) in [6.45, 7) is 5.26. The van der Waals surface area contributed by atoms with E-state index >= 15 is 0 Å². The minimum absolute atomic E-state index is 0.256. The van der Waals surface area contributed by atoms with Gasteiger partial charge in [-0.25, -0.2) is 9.37 Å². The van der Waals surface area contributed by atoms with E-state index in [1.165, 1.54) is 6.07 Å². The number of halogens is 1. The zero-order chi connectivity index (χ0) is 12.6. The summed E-state index contributed by atoms with van der Waals surface area (Å²) >= 11 is 0. The first-order valence-electron chi connectivity index (χ1n) is 5.33. The number of hydrogen-bond donors (Lipinski definition) is 1. The van der Waals surface area contributed by atoms with Crippen LogP contribution in [0, 0.1) is 26.6 Å². The highest BCUT2D eigenvalue weighted by atomic mass is 19.1. The average molecular weight is 232 g/mol. The molecule has 0 saturated heterocycles. The Balaban J connectivity index is 2.64. The van der Waals surface area contributed by atoms with Gasteiger partial charge in [0.2, 0.25) is 0 Å². The second-order valence-electron chi connectivity index (χ2n) is 4.09. The number of rotatable bonds is 1. The lowest BCUT2D eigenvalue weighted by Crippen LogP contribution is -2.14. The quantitative estimate of drug-likeness (QED) is 0.821. The molecule has 3 nitrogen and oxygen atoms in total. The third-order valence-electron chi connectivity index (χ3n) is 2.78. The summed E-state index contributed by atoms with van der Waals surface area (Å²) in [6.07, 6.45) is 0. The second-order valence-corrected chi connectivity index (χ2v) is 4.09. The lowest BCUT2D eigenvalue weighted by Gasteiger charge is -2.05. The van der Waals surface area contributed by atoms with Crippen molar-refractivity contribution < 1.29 is 4.39 Å². The number of aryl methyl sites for hydroxylation is 3. The van der Waals surface area contributed by atoms with Crippen LogP contribution in [-0.2, 0) is 0 Å².